The van der Waals surface area contributed by atoms with Crippen LogP contribution in [0, 0.1) is 0 Å². The van der Waals surface area contributed by atoms with Gasteiger partial charge in [0.05, 0.1) is 0 Å². The van der Waals surface area contributed by atoms with Gasteiger partial charge in [0.25, 0.3) is 5.91 Å². The summed E-state index contributed by atoms with van der Waals surface area (Å²) in [6, 6.07) is 7.42. The van der Waals surface area contributed by atoms with Crippen LogP contribution in [0.25, 0.3) is 0 Å². The lowest BCUT2D eigenvalue weighted by Crippen LogP contribution is -2.46. The zero-order valence-electron chi connectivity index (χ0n) is 17.3. The monoisotopic (exact) mass is 385 g/mol. The van der Waals surface area contributed by atoms with Crippen molar-refractivity contribution in [2.75, 3.05) is 13.6 Å². The second kappa shape index (κ2) is 7.94. The first-order valence-corrected chi connectivity index (χ1v) is 10.2. The summed E-state index contributed by atoms with van der Waals surface area (Å²) in [5.41, 5.74) is 0.757. The van der Waals surface area contributed by atoms with E-state index in [9.17, 15) is 14.4 Å². The van der Waals surface area contributed by atoms with Crippen molar-refractivity contribution in [3.8, 4) is 0 Å². The van der Waals surface area contributed by atoms with Crippen molar-refractivity contribution in [3.63, 3.8) is 0 Å². The van der Waals surface area contributed by atoms with Crippen molar-refractivity contribution in [1.82, 2.24) is 15.1 Å². The molecule has 3 rings (SSSR count). The highest BCUT2D eigenvalue weighted by atomic mass is 16.2. The number of nitrogens with zero attached hydrogens (tertiary/aromatic N) is 2. The maximum atomic E-state index is 13.1. The number of carbonyl (C=O) groups is 3. The fourth-order valence-electron chi connectivity index (χ4n) is 4.16. The molecule has 0 unspecified atom stereocenters. The van der Waals surface area contributed by atoms with Crippen LogP contribution in [0.1, 0.15) is 69.9 Å². The number of benzene rings is 1. The minimum atomic E-state index is -1.14. The molecule has 0 spiro atoms. The Kier molecular flexibility index (Phi) is 5.77. The normalized spacial score (nSPS) is 23.2. The molecular weight excluding hydrogens is 354 g/mol. The van der Waals surface area contributed by atoms with Gasteiger partial charge in [-0.05, 0) is 36.8 Å². The van der Waals surface area contributed by atoms with E-state index in [-0.39, 0.29) is 24.4 Å². The third kappa shape index (κ3) is 3.77. The quantitative estimate of drug-likeness (QED) is 0.790. The van der Waals surface area contributed by atoms with Crippen LogP contribution in [0.15, 0.2) is 24.3 Å². The fourth-order valence-corrected chi connectivity index (χ4v) is 4.16. The number of carbonyl (C=O) groups excluding carboxylic acids is 3. The van der Waals surface area contributed by atoms with Crippen LogP contribution in [0.3, 0.4) is 0 Å². The van der Waals surface area contributed by atoms with Crippen LogP contribution in [0.4, 0.5) is 4.79 Å². The molecule has 1 N–H and O–H groups in total. The molecule has 0 radical (unpaired) electrons. The molecule has 1 aromatic rings. The van der Waals surface area contributed by atoms with Crippen molar-refractivity contribution < 1.29 is 14.4 Å². The van der Waals surface area contributed by atoms with Crippen molar-refractivity contribution in [2.24, 2.45) is 0 Å². The Morgan fingerprint density at radius 1 is 1.18 bits per heavy atom. The van der Waals surface area contributed by atoms with E-state index in [1.165, 1.54) is 12.0 Å². The number of imide groups is 1. The predicted molar refractivity (Wildman–Crippen MR) is 108 cm³/mol. The highest BCUT2D eigenvalue weighted by molar-refractivity contribution is 6.09. The van der Waals surface area contributed by atoms with E-state index in [0.717, 1.165) is 36.1 Å². The number of likely N-dealkylation sites (N-methyl/N-ethyl adjacent to an activating group) is 1. The molecule has 1 aliphatic heterocycles. The summed E-state index contributed by atoms with van der Waals surface area (Å²) >= 11 is 0. The molecule has 6 nitrogen and oxygen atoms in total. The van der Waals surface area contributed by atoms with Gasteiger partial charge in [-0.15, -0.1) is 0 Å². The Morgan fingerprint density at radius 2 is 1.79 bits per heavy atom. The lowest BCUT2D eigenvalue weighted by molar-refractivity contribution is -0.139. The number of urea groups is 1. The topological polar surface area (TPSA) is 69.7 Å². The van der Waals surface area contributed by atoms with Crippen LogP contribution in [0.2, 0.25) is 0 Å². The van der Waals surface area contributed by atoms with E-state index < -0.39 is 11.6 Å². The number of hydrogen-bond donors (Lipinski definition) is 1. The van der Waals surface area contributed by atoms with Gasteiger partial charge in [0.1, 0.15) is 12.1 Å². The molecule has 1 atom stereocenters. The minimum absolute atomic E-state index is 0.185. The molecule has 0 bridgehead atoms. The third-order valence-electron chi connectivity index (χ3n) is 6.24. The average Bonchev–Trinajstić information content (AvgIpc) is 2.92. The summed E-state index contributed by atoms with van der Waals surface area (Å²) < 4.78 is 0. The molecule has 2 aliphatic rings. The SMILES string of the molecule is CC(C)c1ccc([C@]2(C)NC(=O)N(CC(=O)N(C)C3CCCCC3)C2=O)cc1. The second-order valence-corrected chi connectivity index (χ2v) is 8.52. The average molecular weight is 386 g/mol. The third-order valence-corrected chi connectivity index (χ3v) is 6.24. The first-order chi connectivity index (χ1) is 13.2. The fraction of sp³-hybridized carbons (Fsp3) is 0.591. The maximum absolute atomic E-state index is 13.1. The van der Waals surface area contributed by atoms with Crippen molar-refractivity contribution in [1.29, 1.82) is 0 Å². The lowest BCUT2D eigenvalue weighted by Gasteiger charge is -2.32. The van der Waals surface area contributed by atoms with Crippen LogP contribution in [-0.4, -0.2) is 47.3 Å². The Balaban J connectivity index is 1.72. The van der Waals surface area contributed by atoms with E-state index in [1.807, 2.05) is 24.3 Å². The van der Waals surface area contributed by atoms with E-state index in [4.69, 9.17) is 0 Å². The van der Waals surface area contributed by atoms with Gasteiger partial charge in [0.2, 0.25) is 5.91 Å². The van der Waals surface area contributed by atoms with Crippen LogP contribution in [-0.2, 0) is 15.1 Å². The number of amides is 4. The molecule has 152 valence electrons. The molecule has 4 amide bonds. The zero-order valence-corrected chi connectivity index (χ0v) is 17.3. The van der Waals surface area contributed by atoms with E-state index in [0.29, 0.717) is 5.92 Å². The summed E-state index contributed by atoms with van der Waals surface area (Å²) in [5.74, 6) is -0.171. The van der Waals surface area contributed by atoms with Crippen LogP contribution in [0.5, 0.6) is 0 Å². The predicted octanol–water partition coefficient (Wildman–Crippen LogP) is 3.37. The van der Waals surface area contributed by atoms with Crippen molar-refractivity contribution >= 4 is 17.8 Å². The molecule has 1 saturated carbocycles. The summed E-state index contributed by atoms with van der Waals surface area (Å²) in [4.78, 5) is 41.0. The molecule has 1 saturated heterocycles. The van der Waals surface area contributed by atoms with Gasteiger partial charge in [0, 0.05) is 13.1 Å². The molecule has 28 heavy (non-hydrogen) atoms. The van der Waals surface area contributed by atoms with Gasteiger partial charge in [-0.3, -0.25) is 14.5 Å². The summed E-state index contributed by atoms with van der Waals surface area (Å²) in [6.45, 7) is 5.70. The van der Waals surface area contributed by atoms with Crippen molar-refractivity contribution in [2.45, 2.75) is 70.4 Å². The Labute approximate surface area is 167 Å². The van der Waals surface area contributed by atoms with E-state index in [1.54, 1.807) is 18.9 Å². The molecule has 0 aromatic heterocycles. The first kappa shape index (κ1) is 20.4. The number of hydrogen-bond acceptors (Lipinski definition) is 3. The lowest BCUT2D eigenvalue weighted by atomic mass is 9.90. The molecule has 1 aromatic carbocycles. The zero-order chi connectivity index (χ0) is 20.5. The Morgan fingerprint density at radius 3 is 2.36 bits per heavy atom. The van der Waals surface area contributed by atoms with Gasteiger partial charge in [-0.25, -0.2) is 4.79 Å². The molecule has 2 fully saturated rings. The maximum Gasteiger partial charge on any atom is 0.325 e. The Hall–Kier alpha value is -2.37. The largest absolute Gasteiger partial charge is 0.341 e. The molecule has 6 heteroatoms. The highest BCUT2D eigenvalue weighted by Crippen LogP contribution is 2.30. The van der Waals surface area contributed by atoms with Gasteiger partial charge >= 0.3 is 6.03 Å². The molecule has 1 aliphatic carbocycles. The first-order valence-electron chi connectivity index (χ1n) is 10.2. The van der Waals surface area contributed by atoms with Gasteiger partial charge in [0.15, 0.2) is 0 Å². The summed E-state index contributed by atoms with van der Waals surface area (Å²) in [6.07, 6.45) is 5.43. The standard InChI is InChI=1S/C22H31N3O3/c1-15(2)16-10-12-17(13-11-16)22(3)20(27)25(21(28)23-22)14-19(26)24(4)18-8-6-5-7-9-18/h10-13,15,18H,5-9,14H2,1-4H3,(H,23,28)/t22-/m0/s1. The summed E-state index contributed by atoms with van der Waals surface area (Å²) in [7, 11) is 1.78. The number of nitrogens with one attached hydrogen (secondary N) is 1. The molecule has 1 heterocycles. The van der Waals surface area contributed by atoms with E-state index in [2.05, 4.69) is 19.2 Å². The van der Waals surface area contributed by atoms with Crippen LogP contribution < -0.4 is 5.32 Å². The van der Waals surface area contributed by atoms with Gasteiger partial charge in [-0.1, -0.05) is 57.4 Å². The highest BCUT2D eigenvalue weighted by Gasteiger charge is 2.49. The Bertz CT molecular complexity index is 753. The van der Waals surface area contributed by atoms with E-state index >= 15 is 0 Å². The van der Waals surface area contributed by atoms with Gasteiger partial charge < -0.3 is 10.2 Å². The molecular formula is C22H31N3O3. The van der Waals surface area contributed by atoms with Crippen LogP contribution >= 0.6 is 0 Å². The second-order valence-electron chi connectivity index (χ2n) is 8.52. The smallest absolute Gasteiger partial charge is 0.325 e. The number of rotatable bonds is 5. The van der Waals surface area contributed by atoms with Gasteiger partial charge in [-0.2, -0.15) is 0 Å². The summed E-state index contributed by atoms with van der Waals surface area (Å²) in [5, 5.41) is 2.79. The van der Waals surface area contributed by atoms with Crippen molar-refractivity contribution in [3.05, 3.63) is 35.4 Å². The minimum Gasteiger partial charge on any atom is -0.341 e.